The fraction of sp³-hybridized carbons (Fsp3) is 0.133. The third-order valence-electron chi connectivity index (χ3n) is 2.69. The highest BCUT2D eigenvalue weighted by Crippen LogP contribution is 2.24. The van der Waals surface area contributed by atoms with Crippen LogP contribution in [0.1, 0.15) is 28.5 Å². The van der Waals surface area contributed by atoms with E-state index in [0.717, 1.165) is 4.47 Å². The predicted octanol–water partition coefficient (Wildman–Crippen LogP) is 4.73. The minimum atomic E-state index is -1.26. The van der Waals surface area contributed by atoms with Crippen LogP contribution in [0, 0.1) is 0 Å². The van der Waals surface area contributed by atoms with Gasteiger partial charge in [-0.2, -0.15) is 0 Å². The molecule has 1 unspecified atom stereocenters. The summed E-state index contributed by atoms with van der Waals surface area (Å²) in [6.45, 7) is 0. The van der Waals surface area contributed by atoms with Gasteiger partial charge in [0.1, 0.15) is 6.17 Å². The summed E-state index contributed by atoms with van der Waals surface area (Å²) >= 11 is 3.29. The van der Waals surface area contributed by atoms with Crippen molar-refractivity contribution in [1.29, 1.82) is 0 Å². The van der Waals surface area contributed by atoms with Crippen LogP contribution < -0.4 is 0 Å². The highest BCUT2D eigenvalue weighted by Gasteiger charge is 2.15. The Balaban J connectivity index is 2.06. The summed E-state index contributed by atoms with van der Waals surface area (Å²) < 4.78 is 14.9. The van der Waals surface area contributed by atoms with E-state index in [-0.39, 0.29) is 12.2 Å². The second-order valence-electron chi connectivity index (χ2n) is 4.01. The molecule has 1 atom stereocenters. The zero-order valence-corrected chi connectivity index (χ0v) is 11.2. The molecule has 0 amide bonds. The number of Topliss-reactive ketones (excluding diaryl/α,β-unsaturated/α-hetero) is 1. The molecule has 0 saturated heterocycles. The first-order chi connectivity index (χ1) is 8.66. The Labute approximate surface area is 114 Å². The number of benzene rings is 2. The minimum Gasteiger partial charge on any atom is -0.294 e. The van der Waals surface area contributed by atoms with Gasteiger partial charge >= 0.3 is 0 Å². The van der Waals surface area contributed by atoms with Gasteiger partial charge in [0, 0.05) is 16.5 Å². The zero-order valence-electron chi connectivity index (χ0n) is 9.64. The van der Waals surface area contributed by atoms with Crippen molar-refractivity contribution in [3.05, 3.63) is 70.2 Å². The van der Waals surface area contributed by atoms with Crippen LogP contribution in [0.25, 0.3) is 0 Å². The highest BCUT2D eigenvalue weighted by molar-refractivity contribution is 9.10. The molecule has 2 aromatic rings. The number of halogens is 2. The zero-order chi connectivity index (χ0) is 13.0. The summed E-state index contributed by atoms with van der Waals surface area (Å²) in [5.74, 6) is -0.175. The highest BCUT2D eigenvalue weighted by atomic mass is 79.9. The van der Waals surface area contributed by atoms with Crippen molar-refractivity contribution >= 4 is 21.7 Å². The molecular weight excluding hydrogens is 295 g/mol. The molecule has 92 valence electrons. The quantitative estimate of drug-likeness (QED) is 0.746. The molecule has 2 rings (SSSR count). The van der Waals surface area contributed by atoms with E-state index in [9.17, 15) is 9.18 Å². The average Bonchev–Trinajstić information content (AvgIpc) is 2.40. The Morgan fingerprint density at radius 1 is 1.06 bits per heavy atom. The van der Waals surface area contributed by atoms with Gasteiger partial charge in [-0.15, -0.1) is 0 Å². The summed E-state index contributed by atoms with van der Waals surface area (Å²) in [6, 6.07) is 15.7. The third kappa shape index (κ3) is 3.26. The van der Waals surface area contributed by atoms with Crippen LogP contribution in [0.3, 0.4) is 0 Å². The average molecular weight is 307 g/mol. The summed E-state index contributed by atoms with van der Waals surface area (Å²) in [6.07, 6.45) is -1.38. The van der Waals surface area contributed by atoms with Crippen LogP contribution in [-0.4, -0.2) is 5.78 Å². The standard InChI is InChI=1S/C15H12BrFO/c16-13-8-6-11(7-9-13)14(17)10-15(18)12-4-2-1-3-5-12/h1-9,14H,10H2. The molecule has 0 aliphatic rings. The van der Waals surface area contributed by atoms with Crippen molar-refractivity contribution in [2.45, 2.75) is 12.6 Å². The molecule has 0 radical (unpaired) electrons. The van der Waals surface area contributed by atoms with Crippen LogP contribution in [0.5, 0.6) is 0 Å². The molecule has 0 aliphatic carbocycles. The molecule has 0 N–H and O–H groups in total. The SMILES string of the molecule is O=C(CC(F)c1ccc(Br)cc1)c1ccccc1. The summed E-state index contributed by atoms with van der Waals surface area (Å²) in [4.78, 5) is 11.8. The molecule has 2 aromatic carbocycles. The molecule has 0 aliphatic heterocycles. The second-order valence-corrected chi connectivity index (χ2v) is 4.93. The van der Waals surface area contributed by atoms with Crippen molar-refractivity contribution < 1.29 is 9.18 Å². The van der Waals surface area contributed by atoms with E-state index in [4.69, 9.17) is 0 Å². The molecule has 1 nitrogen and oxygen atoms in total. The molecular formula is C15H12BrFO. The van der Waals surface area contributed by atoms with Crippen LogP contribution in [0.15, 0.2) is 59.1 Å². The Bertz CT molecular complexity index is 522. The lowest BCUT2D eigenvalue weighted by molar-refractivity contribution is 0.0947. The van der Waals surface area contributed by atoms with E-state index in [1.807, 2.05) is 6.07 Å². The van der Waals surface area contributed by atoms with Gasteiger partial charge < -0.3 is 0 Å². The van der Waals surface area contributed by atoms with Gasteiger partial charge in [-0.25, -0.2) is 4.39 Å². The maximum atomic E-state index is 14.0. The number of ketones is 1. The normalized spacial score (nSPS) is 12.1. The Hall–Kier alpha value is -1.48. The van der Waals surface area contributed by atoms with E-state index in [0.29, 0.717) is 11.1 Å². The molecule has 0 fully saturated rings. The first kappa shape index (κ1) is 13.0. The van der Waals surface area contributed by atoms with Crippen molar-refractivity contribution in [2.75, 3.05) is 0 Å². The van der Waals surface area contributed by atoms with Gasteiger partial charge in [0.15, 0.2) is 5.78 Å². The second kappa shape index (κ2) is 5.91. The van der Waals surface area contributed by atoms with E-state index < -0.39 is 6.17 Å². The van der Waals surface area contributed by atoms with Gasteiger partial charge in [-0.3, -0.25) is 4.79 Å². The molecule has 0 bridgehead atoms. The van der Waals surface area contributed by atoms with E-state index in [1.54, 1.807) is 48.5 Å². The van der Waals surface area contributed by atoms with E-state index in [1.165, 1.54) is 0 Å². The van der Waals surface area contributed by atoms with Gasteiger partial charge in [0.25, 0.3) is 0 Å². The molecule has 0 aromatic heterocycles. The summed E-state index contributed by atoms with van der Waals surface area (Å²) in [7, 11) is 0. The van der Waals surface area contributed by atoms with Crippen molar-refractivity contribution in [3.8, 4) is 0 Å². The van der Waals surface area contributed by atoms with Crippen molar-refractivity contribution in [2.24, 2.45) is 0 Å². The third-order valence-corrected chi connectivity index (χ3v) is 3.22. The van der Waals surface area contributed by atoms with Crippen LogP contribution in [0.2, 0.25) is 0 Å². The lowest BCUT2D eigenvalue weighted by atomic mass is 10.0. The molecule has 3 heteroatoms. The van der Waals surface area contributed by atoms with Gasteiger partial charge in [-0.05, 0) is 17.7 Å². The Kier molecular flexibility index (Phi) is 4.26. The Morgan fingerprint density at radius 2 is 1.67 bits per heavy atom. The van der Waals surface area contributed by atoms with Crippen molar-refractivity contribution in [1.82, 2.24) is 0 Å². The molecule has 0 saturated carbocycles. The summed E-state index contributed by atoms with van der Waals surface area (Å²) in [5, 5.41) is 0. The molecule has 18 heavy (non-hydrogen) atoms. The topological polar surface area (TPSA) is 17.1 Å². The predicted molar refractivity (Wildman–Crippen MR) is 73.4 cm³/mol. The number of hydrogen-bond acceptors (Lipinski definition) is 1. The Morgan fingerprint density at radius 3 is 2.28 bits per heavy atom. The van der Waals surface area contributed by atoms with Gasteiger partial charge in [0.05, 0.1) is 0 Å². The lowest BCUT2D eigenvalue weighted by Gasteiger charge is -2.08. The smallest absolute Gasteiger partial charge is 0.166 e. The van der Waals surface area contributed by atoms with E-state index >= 15 is 0 Å². The number of rotatable bonds is 4. The number of hydrogen-bond donors (Lipinski definition) is 0. The minimum absolute atomic E-state index is 0.119. The maximum Gasteiger partial charge on any atom is 0.166 e. The summed E-state index contributed by atoms with van der Waals surface area (Å²) in [5.41, 5.74) is 1.08. The largest absolute Gasteiger partial charge is 0.294 e. The van der Waals surface area contributed by atoms with Crippen LogP contribution in [-0.2, 0) is 0 Å². The monoisotopic (exact) mass is 306 g/mol. The fourth-order valence-corrected chi connectivity index (χ4v) is 1.96. The molecule has 0 heterocycles. The van der Waals surface area contributed by atoms with Gasteiger partial charge in [-0.1, -0.05) is 58.4 Å². The van der Waals surface area contributed by atoms with Crippen LogP contribution in [0.4, 0.5) is 4.39 Å². The van der Waals surface area contributed by atoms with E-state index in [2.05, 4.69) is 15.9 Å². The van der Waals surface area contributed by atoms with Crippen molar-refractivity contribution in [3.63, 3.8) is 0 Å². The lowest BCUT2D eigenvalue weighted by Crippen LogP contribution is -2.03. The number of alkyl halides is 1. The van der Waals surface area contributed by atoms with Crippen LogP contribution >= 0.6 is 15.9 Å². The number of carbonyl (C=O) groups excluding carboxylic acids is 1. The number of carbonyl (C=O) groups is 1. The fourth-order valence-electron chi connectivity index (χ4n) is 1.69. The molecule has 0 spiro atoms. The van der Waals surface area contributed by atoms with Gasteiger partial charge in [0.2, 0.25) is 0 Å². The maximum absolute atomic E-state index is 14.0. The first-order valence-corrected chi connectivity index (χ1v) is 6.44. The first-order valence-electron chi connectivity index (χ1n) is 5.64.